The number of aromatic amines is 1. The molecule has 0 unspecified atom stereocenters. The summed E-state index contributed by atoms with van der Waals surface area (Å²) in [7, 11) is 2.20. The number of nitrogens with zero attached hydrogens (tertiary/aromatic N) is 1. The van der Waals surface area contributed by atoms with Crippen molar-refractivity contribution < 1.29 is 0 Å². The molecule has 0 aliphatic carbocycles. The molecule has 0 saturated carbocycles. The summed E-state index contributed by atoms with van der Waals surface area (Å²) in [6, 6.07) is 6.67. The first-order chi connectivity index (χ1) is 7.79. The highest BCUT2D eigenvalue weighted by atomic mass is 15.1. The second kappa shape index (κ2) is 3.63. The molecule has 1 N–H and O–H groups in total. The monoisotopic (exact) mass is 214 g/mol. The van der Waals surface area contributed by atoms with E-state index in [1.54, 1.807) is 0 Å². The predicted molar refractivity (Wildman–Crippen MR) is 67.7 cm³/mol. The molecule has 1 aliphatic rings. The lowest BCUT2D eigenvalue weighted by Crippen LogP contribution is -2.25. The van der Waals surface area contributed by atoms with Crippen molar-refractivity contribution in [3.05, 3.63) is 35.0 Å². The minimum absolute atomic E-state index is 1.09. The van der Waals surface area contributed by atoms with Gasteiger partial charge in [0, 0.05) is 36.1 Å². The average Bonchev–Trinajstić information content (AvgIpc) is 2.67. The van der Waals surface area contributed by atoms with E-state index in [2.05, 4.69) is 42.1 Å². The van der Waals surface area contributed by atoms with Gasteiger partial charge in [0.2, 0.25) is 0 Å². The Balaban J connectivity index is 2.25. The van der Waals surface area contributed by atoms with E-state index >= 15 is 0 Å². The van der Waals surface area contributed by atoms with Crippen LogP contribution in [0.5, 0.6) is 0 Å². The quantitative estimate of drug-likeness (QED) is 0.773. The summed E-state index contributed by atoms with van der Waals surface area (Å²) in [5.41, 5.74) is 5.77. The third kappa shape index (κ3) is 1.37. The van der Waals surface area contributed by atoms with Crippen LogP contribution in [-0.4, -0.2) is 23.5 Å². The van der Waals surface area contributed by atoms with Crippen LogP contribution < -0.4 is 0 Å². The first-order valence-electron chi connectivity index (χ1n) is 6.09. The van der Waals surface area contributed by atoms with Gasteiger partial charge in [-0.15, -0.1) is 0 Å². The van der Waals surface area contributed by atoms with Gasteiger partial charge in [0.25, 0.3) is 0 Å². The Hall–Kier alpha value is -1.28. The fraction of sp³-hybridized carbons (Fsp3) is 0.429. The Morgan fingerprint density at radius 2 is 2.25 bits per heavy atom. The number of likely N-dealkylation sites (N-methyl/N-ethyl adjacent to an activating group) is 1. The van der Waals surface area contributed by atoms with Crippen LogP contribution in [0.1, 0.15) is 23.7 Å². The van der Waals surface area contributed by atoms with E-state index in [1.807, 2.05) is 0 Å². The number of benzene rings is 1. The maximum atomic E-state index is 3.63. The Morgan fingerprint density at radius 1 is 1.38 bits per heavy atom. The lowest BCUT2D eigenvalue weighted by Gasteiger charge is -2.22. The van der Waals surface area contributed by atoms with Crippen molar-refractivity contribution in [1.82, 2.24) is 9.88 Å². The summed E-state index contributed by atoms with van der Waals surface area (Å²) >= 11 is 0. The molecule has 84 valence electrons. The topological polar surface area (TPSA) is 19.0 Å². The Bertz CT molecular complexity index is 525. The average molecular weight is 214 g/mol. The van der Waals surface area contributed by atoms with Crippen molar-refractivity contribution in [3.8, 4) is 0 Å². The van der Waals surface area contributed by atoms with Crippen LogP contribution in [0.2, 0.25) is 0 Å². The second-order valence-corrected chi connectivity index (χ2v) is 4.76. The highest BCUT2D eigenvalue weighted by Crippen LogP contribution is 2.29. The molecule has 0 spiro atoms. The molecule has 0 atom stereocenters. The van der Waals surface area contributed by atoms with E-state index < -0.39 is 0 Å². The van der Waals surface area contributed by atoms with Gasteiger partial charge in [-0.2, -0.15) is 0 Å². The minimum atomic E-state index is 1.09. The summed E-state index contributed by atoms with van der Waals surface area (Å²) in [6.07, 6.45) is 2.26. The number of rotatable bonds is 1. The normalized spacial score (nSPS) is 16.6. The fourth-order valence-corrected chi connectivity index (χ4v) is 2.73. The van der Waals surface area contributed by atoms with Crippen LogP contribution >= 0.6 is 0 Å². The lowest BCUT2D eigenvalue weighted by molar-refractivity contribution is 0.313. The molecule has 0 amide bonds. The number of H-pyrrole nitrogens is 1. The molecule has 2 heterocycles. The molecule has 1 aromatic heterocycles. The Kier molecular flexibility index (Phi) is 2.25. The van der Waals surface area contributed by atoms with E-state index in [4.69, 9.17) is 0 Å². The molecule has 0 radical (unpaired) electrons. The molecular formula is C14H18N2. The number of hydrogen-bond acceptors (Lipinski definition) is 1. The van der Waals surface area contributed by atoms with Crippen LogP contribution in [0.4, 0.5) is 0 Å². The molecule has 0 bridgehead atoms. The van der Waals surface area contributed by atoms with Crippen LogP contribution in [0.15, 0.2) is 18.2 Å². The molecule has 2 heteroatoms. The smallest absolute Gasteiger partial charge is 0.0491 e. The zero-order valence-corrected chi connectivity index (χ0v) is 10.0. The highest BCUT2D eigenvalue weighted by Gasteiger charge is 2.18. The van der Waals surface area contributed by atoms with Gasteiger partial charge >= 0.3 is 0 Å². The zero-order chi connectivity index (χ0) is 11.1. The summed E-state index contributed by atoms with van der Waals surface area (Å²) in [4.78, 5) is 6.03. The van der Waals surface area contributed by atoms with Gasteiger partial charge in [0.15, 0.2) is 0 Å². The molecule has 2 aromatic rings. The zero-order valence-electron chi connectivity index (χ0n) is 10.0. The van der Waals surface area contributed by atoms with Gasteiger partial charge in [0.05, 0.1) is 0 Å². The van der Waals surface area contributed by atoms with Crippen LogP contribution in [0.25, 0.3) is 10.9 Å². The van der Waals surface area contributed by atoms with Crippen molar-refractivity contribution >= 4 is 10.9 Å². The first kappa shape index (κ1) is 9.91. The fourth-order valence-electron chi connectivity index (χ4n) is 2.73. The maximum Gasteiger partial charge on any atom is 0.0491 e. The van der Waals surface area contributed by atoms with Gasteiger partial charge in [0.1, 0.15) is 0 Å². The minimum Gasteiger partial charge on any atom is -0.358 e. The van der Waals surface area contributed by atoms with Crippen LogP contribution in [-0.2, 0) is 19.4 Å². The summed E-state index contributed by atoms with van der Waals surface area (Å²) < 4.78 is 0. The summed E-state index contributed by atoms with van der Waals surface area (Å²) in [5.74, 6) is 0. The van der Waals surface area contributed by atoms with E-state index in [1.165, 1.54) is 34.3 Å². The van der Waals surface area contributed by atoms with Gasteiger partial charge < -0.3 is 9.88 Å². The third-order valence-electron chi connectivity index (χ3n) is 3.67. The lowest BCUT2D eigenvalue weighted by atomic mass is 10.0. The largest absolute Gasteiger partial charge is 0.358 e. The Morgan fingerprint density at radius 3 is 3.06 bits per heavy atom. The predicted octanol–water partition coefficient (Wildman–Crippen LogP) is 2.72. The van der Waals surface area contributed by atoms with E-state index in [-0.39, 0.29) is 0 Å². The van der Waals surface area contributed by atoms with Gasteiger partial charge in [-0.1, -0.05) is 25.1 Å². The third-order valence-corrected chi connectivity index (χ3v) is 3.67. The van der Waals surface area contributed by atoms with E-state index in [0.29, 0.717) is 0 Å². The van der Waals surface area contributed by atoms with Gasteiger partial charge in [-0.25, -0.2) is 0 Å². The van der Waals surface area contributed by atoms with Crippen LogP contribution in [0, 0.1) is 0 Å². The van der Waals surface area contributed by atoms with Crippen molar-refractivity contribution in [2.24, 2.45) is 0 Å². The molecular weight excluding hydrogens is 196 g/mol. The van der Waals surface area contributed by atoms with E-state index in [9.17, 15) is 0 Å². The number of nitrogens with one attached hydrogen (secondary N) is 1. The number of para-hydroxylation sites is 1. The SMILES string of the molecule is CCc1cccc2c3c([nH]c12)CCN(C)C3. The van der Waals surface area contributed by atoms with Crippen molar-refractivity contribution in [1.29, 1.82) is 0 Å². The van der Waals surface area contributed by atoms with Crippen molar-refractivity contribution in [3.63, 3.8) is 0 Å². The molecule has 1 aliphatic heterocycles. The molecule has 3 rings (SSSR count). The molecule has 16 heavy (non-hydrogen) atoms. The van der Waals surface area contributed by atoms with Crippen molar-refractivity contribution in [2.75, 3.05) is 13.6 Å². The summed E-state index contributed by atoms with van der Waals surface area (Å²) in [6.45, 7) is 4.48. The summed E-state index contributed by atoms with van der Waals surface area (Å²) in [5, 5.41) is 1.43. The Labute approximate surface area is 96.3 Å². The van der Waals surface area contributed by atoms with Crippen LogP contribution in [0.3, 0.4) is 0 Å². The number of aryl methyl sites for hydroxylation is 1. The molecule has 2 nitrogen and oxygen atoms in total. The number of fused-ring (bicyclic) bond motifs is 3. The first-order valence-corrected chi connectivity index (χ1v) is 6.09. The molecule has 0 fully saturated rings. The van der Waals surface area contributed by atoms with Crippen molar-refractivity contribution in [2.45, 2.75) is 26.3 Å². The van der Waals surface area contributed by atoms with Gasteiger partial charge in [-0.05, 0) is 24.6 Å². The molecule has 0 saturated heterocycles. The maximum absolute atomic E-state index is 3.63. The second-order valence-electron chi connectivity index (χ2n) is 4.76. The molecule has 1 aromatic carbocycles. The highest BCUT2D eigenvalue weighted by molar-refractivity contribution is 5.87. The van der Waals surface area contributed by atoms with Gasteiger partial charge in [-0.3, -0.25) is 0 Å². The number of hydrogen-bond donors (Lipinski definition) is 1. The number of aromatic nitrogens is 1. The standard InChI is InChI=1S/C14H18N2/c1-3-10-5-4-6-11-12-9-16(2)8-7-13(12)15-14(10)11/h4-6,15H,3,7-9H2,1-2H3. The van der Waals surface area contributed by atoms with E-state index in [0.717, 1.165) is 19.4 Å².